The number of halogens is 1. The van der Waals surface area contributed by atoms with Crippen molar-refractivity contribution in [2.24, 2.45) is 5.92 Å². The Balaban J connectivity index is 1.40. The Hall–Kier alpha value is -3.32. The zero-order chi connectivity index (χ0) is 22.5. The average Bonchev–Trinajstić information content (AvgIpc) is 2.80. The van der Waals surface area contributed by atoms with Gasteiger partial charge in [0.2, 0.25) is 5.28 Å². The molecule has 0 saturated carbocycles. The maximum absolute atomic E-state index is 13.1. The molecule has 4 rings (SSSR count). The van der Waals surface area contributed by atoms with Crippen molar-refractivity contribution in [3.63, 3.8) is 0 Å². The first kappa shape index (κ1) is 21.9. The van der Waals surface area contributed by atoms with Crippen molar-refractivity contribution in [1.29, 1.82) is 0 Å². The van der Waals surface area contributed by atoms with Crippen LogP contribution in [-0.4, -0.2) is 46.6 Å². The lowest BCUT2D eigenvalue weighted by atomic mass is 10.00. The fraction of sp³-hybridized carbons (Fsp3) is 0.292. The first-order valence-corrected chi connectivity index (χ1v) is 11.0. The molecule has 3 aromatic rings. The summed E-state index contributed by atoms with van der Waals surface area (Å²) in [5.74, 6) is 2.55. The summed E-state index contributed by atoms with van der Waals surface area (Å²) in [6, 6.07) is 18.8. The Morgan fingerprint density at radius 2 is 1.78 bits per heavy atom. The molecule has 0 spiro atoms. The number of ether oxygens (including phenoxy) is 1. The van der Waals surface area contributed by atoms with Crippen LogP contribution in [0.2, 0.25) is 5.28 Å². The van der Waals surface area contributed by atoms with Gasteiger partial charge in [-0.15, -0.1) is 0 Å². The number of aromatic nitrogens is 2. The fourth-order valence-corrected chi connectivity index (χ4v) is 3.91. The Morgan fingerprint density at radius 3 is 2.47 bits per heavy atom. The van der Waals surface area contributed by atoms with Crippen molar-refractivity contribution in [1.82, 2.24) is 14.9 Å². The summed E-state index contributed by atoms with van der Waals surface area (Å²) in [4.78, 5) is 25.4. The third kappa shape index (κ3) is 5.29. The summed E-state index contributed by atoms with van der Waals surface area (Å²) >= 11 is 5.96. The number of hydrogen-bond acceptors (Lipinski definition) is 5. The quantitative estimate of drug-likeness (QED) is 0.533. The lowest BCUT2D eigenvalue weighted by Crippen LogP contribution is -2.58. The van der Waals surface area contributed by atoms with Crippen molar-refractivity contribution in [2.45, 2.75) is 19.9 Å². The van der Waals surface area contributed by atoms with Crippen LogP contribution in [0.15, 0.2) is 66.9 Å². The van der Waals surface area contributed by atoms with E-state index in [0.29, 0.717) is 25.4 Å². The number of hydrogen-bond donors (Lipinski definition) is 1. The Bertz CT molecular complexity index is 1050. The molecule has 0 aliphatic carbocycles. The summed E-state index contributed by atoms with van der Waals surface area (Å²) in [6.45, 7) is 6.19. The zero-order valence-electron chi connectivity index (χ0n) is 18.1. The molecule has 1 atom stereocenters. The van der Waals surface area contributed by atoms with Crippen LogP contribution in [0.5, 0.6) is 11.5 Å². The molecule has 0 radical (unpaired) electrons. The minimum atomic E-state index is -0.110. The summed E-state index contributed by atoms with van der Waals surface area (Å²) in [5.41, 5.74) is 0.725. The van der Waals surface area contributed by atoms with Gasteiger partial charge in [0.15, 0.2) is 0 Å². The van der Waals surface area contributed by atoms with E-state index in [1.165, 1.54) is 0 Å². The molecule has 166 valence electrons. The SMILES string of the molecule is CC(C)C1CN(c2ccnc(Cl)n2)CCN1C(=O)Nc1ccc(Oc2ccccc2)cc1. The molecule has 8 heteroatoms. The number of para-hydroxylation sites is 1. The highest BCUT2D eigenvalue weighted by Gasteiger charge is 2.33. The minimum absolute atomic E-state index is 0.0400. The monoisotopic (exact) mass is 451 g/mol. The molecule has 2 heterocycles. The molecule has 1 unspecified atom stereocenters. The lowest BCUT2D eigenvalue weighted by Gasteiger charge is -2.43. The van der Waals surface area contributed by atoms with Crippen molar-refractivity contribution < 1.29 is 9.53 Å². The van der Waals surface area contributed by atoms with Gasteiger partial charge in [0.05, 0.1) is 6.04 Å². The van der Waals surface area contributed by atoms with Crippen molar-refractivity contribution >= 4 is 29.1 Å². The molecule has 1 aromatic heterocycles. The number of nitrogens with one attached hydrogen (secondary N) is 1. The molecule has 1 aliphatic heterocycles. The van der Waals surface area contributed by atoms with E-state index >= 15 is 0 Å². The van der Waals surface area contributed by atoms with Gasteiger partial charge in [-0.2, -0.15) is 0 Å². The maximum atomic E-state index is 13.1. The number of urea groups is 1. The predicted molar refractivity (Wildman–Crippen MR) is 127 cm³/mol. The fourth-order valence-electron chi connectivity index (χ4n) is 3.77. The van der Waals surface area contributed by atoms with Crippen LogP contribution in [0.1, 0.15) is 13.8 Å². The van der Waals surface area contributed by atoms with E-state index in [1.807, 2.05) is 65.6 Å². The third-order valence-corrected chi connectivity index (χ3v) is 5.65. The van der Waals surface area contributed by atoms with Crippen LogP contribution < -0.4 is 15.0 Å². The second-order valence-corrected chi connectivity index (χ2v) is 8.34. The van der Waals surface area contributed by atoms with Gasteiger partial charge in [0, 0.05) is 31.5 Å². The first-order valence-electron chi connectivity index (χ1n) is 10.6. The highest BCUT2D eigenvalue weighted by Crippen LogP contribution is 2.25. The molecule has 2 amide bonds. The number of carbonyl (C=O) groups excluding carboxylic acids is 1. The van der Waals surface area contributed by atoms with Crippen LogP contribution in [-0.2, 0) is 0 Å². The molecular weight excluding hydrogens is 426 g/mol. The van der Waals surface area contributed by atoms with Crippen molar-refractivity contribution in [3.8, 4) is 11.5 Å². The van der Waals surface area contributed by atoms with Crippen LogP contribution in [0.4, 0.5) is 16.3 Å². The average molecular weight is 452 g/mol. The molecule has 7 nitrogen and oxygen atoms in total. The van der Waals surface area contributed by atoms with Crippen LogP contribution in [0, 0.1) is 5.92 Å². The number of amides is 2. The molecule has 0 bridgehead atoms. The number of piperazine rings is 1. The lowest BCUT2D eigenvalue weighted by molar-refractivity contribution is 0.156. The van der Waals surface area contributed by atoms with E-state index in [-0.39, 0.29) is 23.3 Å². The first-order chi connectivity index (χ1) is 15.5. The zero-order valence-corrected chi connectivity index (χ0v) is 18.9. The molecular formula is C24H26ClN5O2. The van der Waals surface area contributed by atoms with Crippen LogP contribution in [0.3, 0.4) is 0 Å². The third-order valence-electron chi connectivity index (χ3n) is 5.47. The Kier molecular flexibility index (Phi) is 6.75. The number of rotatable bonds is 5. The van der Waals surface area contributed by atoms with E-state index in [9.17, 15) is 4.79 Å². The van der Waals surface area contributed by atoms with Gasteiger partial charge in [-0.05, 0) is 60.0 Å². The molecule has 1 fully saturated rings. The van der Waals surface area contributed by atoms with Gasteiger partial charge >= 0.3 is 6.03 Å². The molecule has 1 N–H and O–H groups in total. The van der Waals surface area contributed by atoms with Gasteiger partial charge in [-0.25, -0.2) is 14.8 Å². The highest BCUT2D eigenvalue weighted by molar-refractivity contribution is 6.28. The normalized spacial score (nSPS) is 16.2. The van der Waals surface area contributed by atoms with E-state index in [2.05, 4.69) is 34.0 Å². The van der Waals surface area contributed by atoms with Crippen molar-refractivity contribution in [3.05, 3.63) is 72.1 Å². The predicted octanol–water partition coefficient (Wildman–Crippen LogP) is 5.30. The van der Waals surface area contributed by atoms with Gasteiger partial charge in [0.25, 0.3) is 0 Å². The van der Waals surface area contributed by atoms with Gasteiger partial charge in [-0.1, -0.05) is 32.0 Å². The molecule has 2 aromatic carbocycles. The van der Waals surface area contributed by atoms with Gasteiger partial charge < -0.3 is 19.9 Å². The standard InChI is InChI=1S/C24H26ClN5O2/c1-17(2)21-16-29(22-12-13-26-23(25)28-22)14-15-30(21)24(31)27-18-8-10-20(11-9-18)32-19-6-4-3-5-7-19/h3-13,17,21H,14-16H2,1-2H3,(H,27,31). The van der Waals surface area contributed by atoms with Gasteiger partial charge in [-0.3, -0.25) is 0 Å². The minimum Gasteiger partial charge on any atom is -0.457 e. The number of anilines is 2. The van der Waals surface area contributed by atoms with Crippen LogP contribution in [0.25, 0.3) is 0 Å². The van der Waals surface area contributed by atoms with E-state index in [4.69, 9.17) is 16.3 Å². The second-order valence-electron chi connectivity index (χ2n) is 8.00. The Labute approximate surface area is 193 Å². The maximum Gasteiger partial charge on any atom is 0.322 e. The largest absolute Gasteiger partial charge is 0.457 e. The summed E-state index contributed by atoms with van der Waals surface area (Å²) in [5, 5.41) is 3.24. The van der Waals surface area contributed by atoms with E-state index in [0.717, 1.165) is 17.3 Å². The summed E-state index contributed by atoms with van der Waals surface area (Å²) in [6.07, 6.45) is 1.65. The Morgan fingerprint density at radius 1 is 1.06 bits per heavy atom. The van der Waals surface area contributed by atoms with Crippen molar-refractivity contribution in [2.75, 3.05) is 29.9 Å². The van der Waals surface area contributed by atoms with E-state index in [1.54, 1.807) is 6.20 Å². The second kappa shape index (κ2) is 9.87. The van der Waals surface area contributed by atoms with E-state index < -0.39 is 0 Å². The van der Waals surface area contributed by atoms with Gasteiger partial charge in [0.1, 0.15) is 17.3 Å². The van der Waals surface area contributed by atoms with Crippen LogP contribution >= 0.6 is 11.6 Å². The molecule has 1 aliphatic rings. The number of nitrogens with zero attached hydrogens (tertiary/aromatic N) is 4. The summed E-state index contributed by atoms with van der Waals surface area (Å²) < 4.78 is 5.82. The topological polar surface area (TPSA) is 70.6 Å². The highest BCUT2D eigenvalue weighted by atomic mass is 35.5. The smallest absolute Gasteiger partial charge is 0.322 e. The number of carbonyl (C=O) groups is 1. The molecule has 1 saturated heterocycles. The number of benzene rings is 2. The molecule has 32 heavy (non-hydrogen) atoms. The summed E-state index contributed by atoms with van der Waals surface area (Å²) in [7, 11) is 0.